The van der Waals surface area contributed by atoms with Crippen LogP contribution in [0.1, 0.15) is 42.8 Å². The molecule has 1 aromatic rings. The molecule has 1 heterocycles. The molecule has 0 bridgehead atoms. The molecule has 1 fully saturated rings. The molecular formula is C14H24N2O3S2. The zero-order valence-electron chi connectivity index (χ0n) is 12.8. The molecule has 0 spiro atoms. The molecule has 2 rings (SSSR count). The van der Waals surface area contributed by atoms with Gasteiger partial charge in [0.1, 0.15) is 16.4 Å². The normalized spacial score (nSPS) is 23.4. The van der Waals surface area contributed by atoms with Crippen LogP contribution in [-0.2, 0) is 16.6 Å². The van der Waals surface area contributed by atoms with Gasteiger partial charge in [0.2, 0.25) is 10.0 Å². The second-order valence-electron chi connectivity index (χ2n) is 5.56. The minimum Gasteiger partial charge on any atom is -0.465 e. The van der Waals surface area contributed by atoms with E-state index in [1.165, 1.54) is 0 Å². The molecule has 0 radical (unpaired) electrons. The number of furan rings is 1. The summed E-state index contributed by atoms with van der Waals surface area (Å²) >= 11 is 1.87. The predicted molar refractivity (Wildman–Crippen MR) is 86.0 cm³/mol. The third-order valence-electron chi connectivity index (χ3n) is 4.13. The van der Waals surface area contributed by atoms with E-state index in [9.17, 15) is 8.42 Å². The van der Waals surface area contributed by atoms with Crippen LogP contribution in [-0.4, -0.2) is 26.0 Å². The lowest BCUT2D eigenvalue weighted by Gasteiger charge is -2.27. The van der Waals surface area contributed by atoms with Gasteiger partial charge in [0.15, 0.2) is 0 Å². The molecule has 1 saturated carbocycles. The standard InChI is InChI=1S/C14H24N2O3S2/c1-9-13(8-15)14(10(2)19-9)21(17,18)16-11-4-6-12(20-3)7-5-11/h11-12,16H,4-8,15H2,1-3H3. The maximum Gasteiger partial charge on any atom is 0.244 e. The second-order valence-corrected chi connectivity index (χ2v) is 8.35. The summed E-state index contributed by atoms with van der Waals surface area (Å²) in [5.41, 5.74) is 6.26. The molecule has 5 nitrogen and oxygen atoms in total. The molecule has 0 aliphatic heterocycles. The minimum absolute atomic E-state index is 0.0126. The summed E-state index contributed by atoms with van der Waals surface area (Å²) in [4.78, 5) is 0.231. The number of sulfonamides is 1. The van der Waals surface area contributed by atoms with E-state index in [0.29, 0.717) is 22.3 Å². The molecule has 0 atom stereocenters. The zero-order valence-corrected chi connectivity index (χ0v) is 14.4. The Bertz CT molecular complexity index is 588. The third-order valence-corrected chi connectivity index (χ3v) is 6.98. The van der Waals surface area contributed by atoms with Crippen LogP contribution in [0.2, 0.25) is 0 Å². The minimum atomic E-state index is -3.57. The van der Waals surface area contributed by atoms with Crippen molar-refractivity contribution in [3.05, 3.63) is 17.1 Å². The van der Waals surface area contributed by atoms with E-state index in [-0.39, 0.29) is 17.5 Å². The number of rotatable bonds is 5. The average Bonchev–Trinajstić information content (AvgIpc) is 2.73. The van der Waals surface area contributed by atoms with Gasteiger partial charge >= 0.3 is 0 Å². The highest BCUT2D eigenvalue weighted by Gasteiger charge is 2.30. The molecule has 120 valence electrons. The van der Waals surface area contributed by atoms with Crippen molar-refractivity contribution in [3.8, 4) is 0 Å². The van der Waals surface area contributed by atoms with E-state index in [0.717, 1.165) is 25.7 Å². The van der Waals surface area contributed by atoms with Crippen LogP contribution in [0.15, 0.2) is 9.31 Å². The van der Waals surface area contributed by atoms with Crippen molar-refractivity contribution in [2.45, 2.75) is 62.3 Å². The first-order valence-corrected chi connectivity index (χ1v) is 10.00. The maximum atomic E-state index is 12.6. The summed E-state index contributed by atoms with van der Waals surface area (Å²) in [5.74, 6) is 1.000. The van der Waals surface area contributed by atoms with E-state index < -0.39 is 10.0 Å². The lowest BCUT2D eigenvalue weighted by Crippen LogP contribution is -2.38. The van der Waals surface area contributed by atoms with Crippen molar-refractivity contribution in [3.63, 3.8) is 0 Å². The molecule has 1 aromatic heterocycles. The van der Waals surface area contributed by atoms with E-state index in [1.807, 2.05) is 11.8 Å². The highest BCUT2D eigenvalue weighted by Crippen LogP contribution is 2.30. The summed E-state index contributed by atoms with van der Waals surface area (Å²) in [5, 5.41) is 0.656. The van der Waals surface area contributed by atoms with Gasteiger partial charge in [0.25, 0.3) is 0 Å². The molecule has 3 N–H and O–H groups in total. The van der Waals surface area contributed by atoms with Gasteiger partial charge in [0.05, 0.1) is 0 Å². The first-order chi connectivity index (χ1) is 9.89. The van der Waals surface area contributed by atoms with Crippen molar-refractivity contribution in [1.82, 2.24) is 4.72 Å². The van der Waals surface area contributed by atoms with Gasteiger partial charge in [-0.05, 0) is 45.8 Å². The number of aryl methyl sites for hydroxylation is 2. The van der Waals surface area contributed by atoms with Crippen LogP contribution in [0.3, 0.4) is 0 Å². The van der Waals surface area contributed by atoms with Gasteiger partial charge in [-0.25, -0.2) is 13.1 Å². The van der Waals surface area contributed by atoms with E-state index in [2.05, 4.69) is 11.0 Å². The molecule has 1 aliphatic carbocycles. The lowest BCUT2D eigenvalue weighted by molar-refractivity contribution is 0.419. The van der Waals surface area contributed by atoms with E-state index in [1.54, 1.807) is 13.8 Å². The number of hydrogen-bond acceptors (Lipinski definition) is 5. The summed E-state index contributed by atoms with van der Waals surface area (Å²) in [6, 6.07) is 0.0126. The smallest absolute Gasteiger partial charge is 0.244 e. The highest BCUT2D eigenvalue weighted by molar-refractivity contribution is 7.99. The van der Waals surface area contributed by atoms with E-state index in [4.69, 9.17) is 10.2 Å². The number of nitrogens with one attached hydrogen (secondary N) is 1. The number of nitrogens with two attached hydrogens (primary N) is 1. The summed E-state index contributed by atoms with van der Waals surface area (Å²) in [6.45, 7) is 3.59. The fourth-order valence-corrected chi connectivity index (χ4v) is 5.50. The van der Waals surface area contributed by atoms with Crippen LogP contribution < -0.4 is 10.5 Å². The quantitative estimate of drug-likeness (QED) is 0.864. The Hall–Kier alpha value is -0.500. The Morgan fingerprint density at radius 2 is 1.86 bits per heavy atom. The molecule has 1 aliphatic rings. The van der Waals surface area contributed by atoms with Crippen LogP contribution >= 0.6 is 11.8 Å². The monoisotopic (exact) mass is 332 g/mol. The largest absolute Gasteiger partial charge is 0.465 e. The summed E-state index contributed by atoms with van der Waals surface area (Å²) < 4.78 is 33.5. The Kier molecular flexibility index (Phi) is 5.40. The van der Waals surface area contributed by atoms with Crippen molar-refractivity contribution in [2.24, 2.45) is 5.73 Å². The first kappa shape index (κ1) is 16.9. The summed E-state index contributed by atoms with van der Waals surface area (Å²) in [7, 11) is -3.57. The van der Waals surface area contributed by atoms with Gasteiger partial charge in [-0.2, -0.15) is 11.8 Å². The number of hydrogen-bond donors (Lipinski definition) is 2. The van der Waals surface area contributed by atoms with Gasteiger partial charge in [-0.1, -0.05) is 0 Å². The predicted octanol–water partition coefficient (Wildman–Crippen LogP) is 2.31. The fourth-order valence-electron chi connectivity index (χ4n) is 2.99. The van der Waals surface area contributed by atoms with Crippen molar-refractivity contribution in [2.75, 3.05) is 6.26 Å². The molecule has 0 aromatic carbocycles. The van der Waals surface area contributed by atoms with Gasteiger partial charge in [-0.3, -0.25) is 0 Å². The first-order valence-electron chi connectivity index (χ1n) is 7.23. The van der Waals surface area contributed by atoms with Crippen LogP contribution in [0.4, 0.5) is 0 Å². The van der Waals surface area contributed by atoms with Gasteiger partial charge in [0, 0.05) is 23.4 Å². The summed E-state index contributed by atoms with van der Waals surface area (Å²) in [6.07, 6.45) is 6.00. The molecule has 0 unspecified atom stereocenters. The second kappa shape index (κ2) is 6.73. The topological polar surface area (TPSA) is 85.3 Å². The average molecular weight is 332 g/mol. The molecule has 0 saturated heterocycles. The molecule has 7 heteroatoms. The zero-order chi connectivity index (χ0) is 15.6. The van der Waals surface area contributed by atoms with Crippen LogP contribution in [0.25, 0.3) is 0 Å². The Labute approximate surface area is 131 Å². The van der Waals surface area contributed by atoms with Crippen molar-refractivity contribution < 1.29 is 12.8 Å². The van der Waals surface area contributed by atoms with Crippen molar-refractivity contribution in [1.29, 1.82) is 0 Å². The number of thioether (sulfide) groups is 1. The molecule has 0 amide bonds. The lowest BCUT2D eigenvalue weighted by atomic mass is 9.96. The molecular weight excluding hydrogens is 308 g/mol. The highest BCUT2D eigenvalue weighted by atomic mass is 32.2. The van der Waals surface area contributed by atoms with Crippen LogP contribution in [0, 0.1) is 13.8 Å². The van der Waals surface area contributed by atoms with Crippen LogP contribution in [0.5, 0.6) is 0 Å². The Balaban J connectivity index is 2.16. The van der Waals surface area contributed by atoms with Gasteiger partial charge in [-0.15, -0.1) is 0 Å². The SMILES string of the molecule is CSC1CCC(NS(=O)(=O)c2c(C)oc(C)c2CN)CC1. The van der Waals surface area contributed by atoms with E-state index >= 15 is 0 Å². The Morgan fingerprint density at radius 3 is 2.38 bits per heavy atom. The van der Waals surface area contributed by atoms with Gasteiger partial charge < -0.3 is 10.2 Å². The maximum absolute atomic E-state index is 12.6. The Morgan fingerprint density at radius 1 is 1.24 bits per heavy atom. The molecule has 21 heavy (non-hydrogen) atoms. The third kappa shape index (κ3) is 3.64. The van der Waals surface area contributed by atoms with Crippen molar-refractivity contribution >= 4 is 21.8 Å². The fraction of sp³-hybridized carbons (Fsp3) is 0.714.